The van der Waals surface area contributed by atoms with Gasteiger partial charge in [0.15, 0.2) is 0 Å². The Morgan fingerprint density at radius 3 is 2.43 bits per heavy atom. The number of fused-ring (bicyclic) bond motifs is 1. The van der Waals surface area contributed by atoms with Gasteiger partial charge in [0.2, 0.25) is 0 Å². The molecule has 0 fully saturated rings. The van der Waals surface area contributed by atoms with Crippen molar-refractivity contribution in [2.75, 3.05) is 0 Å². The molecule has 14 heavy (non-hydrogen) atoms. The maximum Gasteiger partial charge on any atom is 0.0706 e. The van der Waals surface area contributed by atoms with Gasteiger partial charge >= 0.3 is 0 Å². The first-order valence-corrected chi connectivity index (χ1v) is 4.94. The van der Waals surface area contributed by atoms with Gasteiger partial charge in [-0.05, 0) is 12.1 Å². The molecule has 0 aromatic carbocycles. The summed E-state index contributed by atoms with van der Waals surface area (Å²) >= 11 is 0. The van der Waals surface area contributed by atoms with Crippen LogP contribution in [0.5, 0.6) is 0 Å². The molecule has 2 aliphatic rings. The molecule has 0 radical (unpaired) electrons. The van der Waals surface area contributed by atoms with Crippen LogP contribution >= 0.6 is 0 Å². The van der Waals surface area contributed by atoms with E-state index in [0.29, 0.717) is 0 Å². The van der Waals surface area contributed by atoms with Crippen LogP contribution in [0.3, 0.4) is 0 Å². The highest BCUT2D eigenvalue weighted by Gasteiger charge is 2.18. The molecular weight excluding hydrogens is 170 g/mol. The standard InChI is InChI=1S/C13H15N/c1-13(2,3)12-9-10-7-5-4-6-8-11(10)14-12/h4-9H,1-3H3. The third kappa shape index (κ3) is 1.63. The summed E-state index contributed by atoms with van der Waals surface area (Å²) in [7, 11) is 0. The first-order chi connectivity index (χ1) is 6.57. The Balaban J connectivity index is 2.59. The zero-order valence-electron chi connectivity index (χ0n) is 8.91. The molecule has 0 amide bonds. The Bertz CT molecular complexity index is 381. The maximum absolute atomic E-state index is 4.62. The van der Waals surface area contributed by atoms with Crippen molar-refractivity contribution in [3.8, 4) is 11.3 Å². The lowest BCUT2D eigenvalue weighted by Crippen LogP contribution is -2.10. The predicted octanol–water partition coefficient (Wildman–Crippen LogP) is 3.48. The normalized spacial score (nSPS) is 11.9. The van der Waals surface area contributed by atoms with Gasteiger partial charge in [-0.1, -0.05) is 45.0 Å². The van der Waals surface area contributed by atoms with E-state index in [1.54, 1.807) is 0 Å². The number of hydrogen-bond acceptors (Lipinski definition) is 1. The third-order valence-corrected chi connectivity index (χ3v) is 2.35. The van der Waals surface area contributed by atoms with E-state index in [4.69, 9.17) is 0 Å². The number of rotatable bonds is 0. The quantitative estimate of drug-likeness (QED) is 0.612. The number of hydrogen-bond donors (Lipinski definition) is 0. The van der Waals surface area contributed by atoms with Gasteiger partial charge < -0.3 is 0 Å². The fourth-order valence-electron chi connectivity index (χ4n) is 1.47. The van der Waals surface area contributed by atoms with Crippen molar-refractivity contribution in [2.24, 2.45) is 0 Å². The lowest BCUT2D eigenvalue weighted by molar-refractivity contribution is 0.573. The lowest BCUT2D eigenvalue weighted by Gasteiger charge is -2.14. The SMILES string of the molecule is CC(C)(C)c1cc2cccccc-2n1. The Hall–Kier alpha value is -1.37. The topological polar surface area (TPSA) is 12.9 Å². The van der Waals surface area contributed by atoms with E-state index in [2.05, 4.69) is 50.0 Å². The largest absolute Gasteiger partial charge is 0.252 e. The van der Waals surface area contributed by atoms with E-state index in [-0.39, 0.29) is 5.41 Å². The van der Waals surface area contributed by atoms with Crippen LogP contribution < -0.4 is 0 Å². The van der Waals surface area contributed by atoms with Crippen molar-refractivity contribution in [2.45, 2.75) is 26.2 Å². The monoisotopic (exact) mass is 185 g/mol. The average Bonchev–Trinajstić information content (AvgIpc) is 2.38. The van der Waals surface area contributed by atoms with Crippen LogP contribution in [-0.4, -0.2) is 4.98 Å². The van der Waals surface area contributed by atoms with E-state index in [0.717, 1.165) is 5.69 Å². The van der Waals surface area contributed by atoms with E-state index in [1.165, 1.54) is 11.3 Å². The fraction of sp³-hybridized carbons (Fsp3) is 0.308. The molecule has 1 heteroatoms. The Morgan fingerprint density at radius 2 is 1.71 bits per heavy atom. The van der Waals surface area contributed by atoms with Gasteiger partial charge in [-0.2, -0.15) is 0 Å². The van der Waals surface area contributed by atoms with Crippen LogP contribution in [0, 0.1) is 0 Å². The predicted molar refractivity (Wildman–Crippen MR) is 59.6 cm³/mol. The van der Waals surface area contributed by atoms with E-state index in [9.17, 15) is 0 Å². The zero-order chi connectivity index (χ0) is 10.2. The summed E-state index contributed by atoms with van der Waals surface area (Å²) < 4.78 is 0. The van der Waals surface area contributed by atoms with Crippen molar-refractivity contribution in [3.63, 3.8) is 0 Å². The molecule has 0 saturated carbocycles. The van der Waals surface area contributed by atoms with Gasteiger partial charge in [-0.3, -0.25) is 4.98 Å². The molecule has 2 rings (SSSR count). The molecule has 0 saturated heterocycles. The summed E-state index contributed by atoms with van der Waals surface area (Å²) in [6, 6.07) is 12.5. The van der Waals surface area contributed by atoms with Gasteiger partial charge in [-0.15, -0.1) is 0 Å². The summed E-state index contributed by atoms with van der Waals surface area (Å²) in [6.07, 6.45) is 0. The highest BCUT2D eigenvalue weighted by Crippen LogP contribution is 2.28. The van der Waals surface area contributed by atoms with Gasteiger partial charge in [0.05, 0.1) is 5.69 Å². The smallest absolute Gasteiger partial charge is 0.0706 e. The van der Waals surface area contributed by atoms with Crippen LogP contribution in [-0.2, 0) is 5.41 Å². The first-order valence-electron chi connectivity index (χ1n) is 4.94. The van der Waals surface area contributed by atoms with E-state index >= 15 is 0 Å². The zero-order valence-corrected chi connectivity index (χ0v) is 8.91. The molecule has 1 nitrogen and oxygen atoms in total. The van der Waals surface area contributed by atoms with Gasteiger partial charge in [0, 0.05) is 16.7 Å². The molecule has 0 N–H and O–H groups in total. The molecule has 0 unspecified atom stereocenters. The summed E-state index contributed by atoms with van der Waals surface area (Å²) in [6.45, 7) is 6.57. The fourth-order valence-corrected chi connectivity index (χ4v) is 1.47. The lowest BCUT2D eigenvalue weighted by atomic mass is 9.92. The summed E-state index contributed by atoms with van der Waals surface area (Å²) in [5.41, 5.74) is 3.61. The van der Waals surface area contributed by atoms with Crippen molar-refractivity contribution < 1.29 is 0 Å². The van der Waals surface area contributed by atoms with Gasteiger partial charge in [0.25, 0.3) is 0 Å². The molecule has 0 aromatic rings. The molecule has 72 valence electrons. The van der Waals surface area contributed by atoms with Crippen LogP contribution in [0.4, 0.5) is 0 Å². The van der Waals surface area contributed by atoms with E-state index < -0.39 is 0 Å². The molecular formula is C13H15N. The molecule has 0 atom stereocenters. The molecule has 1 heterocycles. The van der Waals surface area contributed by atoms with Crippen LogP contribution in [0.2, 0.25) is 0 Å². The molecule has 1 aliphatic carbocycles. The minimum Gasteiger partial charge on any atom is -0.252 e. The van der Waals surface area contributed by atoms with Crippen molar-refractivity contribution in [1.82, 2.24) is 4.98 Å². The van der Waals surface area contributed by atoms with Crippen molar-refractivity contribution >= 4 is 0 Å². The molecule has 1 aliphatic heterocycles. The third-order valence-electron chi connectivity index (χ3n) is 2.35. The summed E-state index contributed by atoms with van der Waals surface area (Å²) in [5, 5.41) is 0. The molecule has 0 spiro atoms. The van der Waals surface area contributed by atoms with Crippen LogP contribution in [0.15, 0.2) is 36.4 Å². The van der Waals surface area contributed by atoms with Crippen LogP contribution in [0.25, 0.3) is 11.3 Å². The second-order valence-corrected chi connectivity index (χ2v) is 4.64. The Labute approximate surface area is 85.1 Å². The van der Waals surface area contributed by atoms with Crippen molar-refractivity contribution in [3.05, 3.63) is 42.1 Å². The van der Waals surface area contributed by atoms with Gasteiger partial charge in [-0.25, -0.2) is 0 Å². The number of nitrogens with zero attached hydrogens (tertiary/aromatic N) is 1. The second kappa shape index (κ2) is 3.09. The van der Waals surface area contributed by atoms with Gasteiger partial charge in [0.1, 0.15) is 0 Å². The van der Waals surface area contributed by atoms with Crippen molar-refractivity contribution in [1.29, 1.82) is 0 Å². The molecule has 0 aromatic heterocycles. The highest BCUT2D eigenvalue weighted by molar-refractivity contribution is 5.62. The average molecular weight is 185 g/mol. The minimum atomic E-state index is 0.136. The summed E-state index contributed by atoms with van der Waals surface area (Å²) in [4.78, 5) is 4.62. The molecule has 0 bridgehead atoms. The Morgan fingerprint density at radius 1 is 1.00 bits per heavy atom. The minimum absolute atomic E-state index is 0.136. The Kier molecular flexibility index (Phi) is 2.03. The highest BCUT2D eigenvalue weighted by atomic mass is 14.7. The first kappa shape index (κ1) is 9.20. The van der Waals surface area contributed by atoms with Crippen LogP contribution in [0.1, 0.15) is 26.5 Å². The second-order valence-electron chi connectivity index (χ2n) is 4.64. The summed E-state index contributed by atoms with van der Waals surface area (Å²) in [5.74, 6) is 0. The maximum atomic E-state index is 4.62. The van der Waals surface area contributed by atoms with E-state index in [1.807, 2.05) is 12.1 Å². The number of aromatic nitrogens is 1.